The fraction of sp³-hybridized carbons (Fsp3) is 0.478. The molecule has 1 saturated carbocycles. The maximum atomic E-state index is 13.3. The highest BCUT2D eigenvalue weighted by molar-refractivity contribution is 5.94. The average Bonchev–Trinajstić information content (AvgIpc) is 2.78. The minimum Gasteiger partial charge on any atom is -0.477 e. The third kappa shape index (κ3) is 4.99. The number of nitrogens with zero attached hydrogens (tertiary/aromatic N) is 2. The zero-order valence-electron chi connectivity index (χ0n) is 17.9. The summed E-state index contributed by atoms with van der Waals surface area (Å²) < 4.78 is 1.94. The summed E-state index contributed by atoms with van der Waals surface area (Å²) in [6, 6.07) is 6.92. The van der Waals surface area contributed by atoms with Gasteiger partial charge in [-0.05, 0) is 37.8 Å². The topological polar surface area (TPSA) is 143 Å². The lowest BCUT2D eigenvalue weighted by Crippen LogP contribution is -2.33. The van der Waals surface area contributed by atoms with Crippen LogP contribution in [0, 0.1) is 0 Å². The van der Waals surface area contributed by atoms with Gasteiger partial charge >= 0.3 is 5.97 Å². The average molecular weight is 444 g/mol. The predicted molar refractivity (Wildman–Crippen MR) is 118 cm³/mol. The van der Waals surface area contributed by atoms with Gasteiger partial charge in [-0.3, -0.25) is 19.6 Å². The number of pyridine rings is 1. The molecule has 1 aliphatic rings. The molecular formula is C23H29N3O6. The van der Waals surface area contributed by atoms with E-state index in [0.29, 0.717) is 28.1 Å². The summed E-state index contributed by atoms with van der Waals surface area (Å²) >= 11 is 0. The molecule has 0 spiro atoms. The zero-order valence-corrected chi connectivity index (χ0v) is 17.9. The summed E-state index contributed by atoms with van der Waals surface area (Å²) in [5.74, 6) is -2.52. The van der Waals surface area contributed by atoms with E-state index >= 15 is 0 Å². The minimum atomic E-state index is -1.35. The number of benzene rings is 1. The first kappa shape index (κ1) is 23.5. The third-order valence-electron chi connectivity index (χ3n) is 6.20. The number of fused-ring (bicyclic) bond motifs is 1. The lowest BCUT2D eigenvalue weighted by atomic mass is 9.88. The number of hydrogen-bond acceptors (Lipinski definition) is 5. The van der Waals surface area contributed by atoms with Crippen LogP contribution in [0.2, 0.25) is 0 Å². The Bertz CT molecular complexity index is 1060. The van der Waals surface area contributed by atoms with E-state index < -0.39 is 23.2 Å². The first-order valence-corrected chi connectivity index (χ1v) is 10.9. The van der Waals surface area contributed by atoms with E-state index in [0.717, 1.165) is 32.1 Å². The van der Waals surface area contributed by atoms with Crippen molar-refractivity contribution in [2.45, 2.75) is 63.3 Å². The van der Waals surface area contributed by atoms with Crippen LogP contribution < -0.4 is 11.2 Å². The number of carboxylic acid groups (broad SMARTS) is 1. The van der Waals surface area contributed by atoms with Crippen LogP contribution >= 0.6 is 0 Å². The van der Waals surface area contributed by atoms with Crippen LogP contribution in [0.1, 0.15) is 79.4 Å². The van der Waals surface area contributed by atoms with Crippen molar-refractivity contribution >= 4 is 29.2 Å². The second kappa shape index (κ2) is 10.4. The van der Waals surface area contributed by atoms with E-state index in [-0.39, 0.29) is 37.4 Å². The lowest BCUT2D eigenvalue weighted by Gasteiger charge is -2.33. The van der Waals surface area contributed by atoms with Crippen LogP contribution in [0.4, 0.5) is 0 Å². The van der Waals surface area contributed by atoms with Gasteiger partial charge in [0.25, 0.3) is 0 Å². The third-order valence-corrected chi connectivity index (χ3v) is 6.20. The fourth-order valence-electron chi connectivity index (χ4n) is 4.82. The number of para-hydroxylation sites is 1. The molecule has 2 aromatic rings. The quantitative estimate of drug-likeness (QED) is 0.293. The molecule has 1 atom stereocenters. The largest absolute Gasteiger partial charge is 0.477 e. The number of carbonyl (C=O) groups excluding carboxylic acids is 2. The molecular weight excluding hydrogens is 414 g/mol. The molecule has 9 nitrogen and oxygen atoms in total. The van der Waals surface area contributed by atoms with Gasteiger partial charge in [-0.1, -0.05) is 31.4 Å². The molecule has 32 heavy (non-hydrogen) atoms. The van der Waals surface area contributed by atoms with Crippen LogP contribution in [0.15, 0.2) is 29.1 Å². The highest BCUT2D eigenvalue weighted by Crippen LogP contribution is 2.36. The highest BCUT2D eigenvalue weighted by atomic mass is 16.5. The first-order valence-electron chi connectivity index (χ1n) is 10.9. The van der Waals surface area contributed by atoms with Crippen molar-refractivity contribution < 1.29 is 24.7 Å². The number of carbonyl (C=O) groups is 3. The summed E-state index contributed by atoms with van der Waals surface area (Å²) in [6.07, 6.45) is 5.66. The number of hydrogen-bond donors (Lipinski definition) is 3. The van der Waals surface area contributed by atoms with Crippen LogP contribution in [0.25, 0.3) is 10.9 Å². The maximum Gasteiger partial charge on any atom is 0.341 e. The van der Waals surface area contributed by atoms with Gasteiger partial charge in [0.1, 0.15) is 5.56 Å². The molecule has 172 valence electrons. The standard InChI is InChI=1S/C23H29N3O6/c24-19(28)12-6-7-15(13-25(32)14-27)21-20(23(30)31)22(29)17-10-4-5-11-18(17)26(21)16-8-2-1-3-9-16/h4-5,10-11,14-16,32H,1-3,6-9,12-13H2,(H2,24,28)(H,30,31)/t15-/m1/s1. The SMILES string of the molecule is NC(=O)CCC[C@H](CN(O)C=O)c1c(C(=O)O)c(=O)c2ccccc2n1C1CCCCC1. The Morgan fingerprint density at radius 1 is 1.22 bits per heavy atom. The number of amides is 2. The number of nitrogens with two attached hydrogens (primary N) is 1. The molecule has 9 heteroatoms. The smallest absolute Gasteiger partial charge is 0.341 e. The number of aromatic carboxylic acids is 1. The molecule has 0 bridgehead atoms. The van der Waals surface area contributed by atoms with Gasteiger partial charge in [0, 0.05) is 29.5 Å². The van der Waals surface area contributed by atoms with Gasteiger partial charge in [-0.25, -0.2) is 9.86 Å². The van der Waals surface area contributed by atoms with E-state index in [1.807, 2.05) is 4.57 Å². The summed E-state index contributed by atoms with van der Waals surface area (Å²) in [5.41, 5.74) is 5.25. The summed E-state index contributed by atoms with van der Waals surface area (Å²) in [4.78, 5) is 48.0. The molecule has 2 amide bonds. The molecule has 0 saturated heterocycles. The Balaban J connectivity index is 2.29. The fourth-order valence-corrected chi connectivity index (χ4v) is 4.82. The van der Waals surface area contributed by atoms with Gasteiger partial charge in [0.15, 0.2) is 0 Å². The van der Waals surface area contributed by atoms with Crippen molar-refractivity contribution in [3.05, 3.63) is 45.7 Å². The van der Waals surface area contributed by atoms with E-state index in [1.165, 1.54) is 0 Å². The molecule has 0 unspecified atom stereocenters. The highest BCUT2D eigenvalue weighted by Gasteiger charge is 2.31. The maximum absolute atomic E-state index is 13.3. The van der Waals surface area contributed by atoms with Crippen molar-refractivity contribution in [2.75, 3.05) is 6.54 Å². The second-order valence-electron chi connectivity index (χ2n) is 8.36. The van der Waals surface area contributed by atoms with Crippen molar-refractivity contribution in [3.8, 4) is 0 Å². The van der Waals surface area contributed by atoms with E-state index in [2.05, 4.69) is 0 Å². The van der Waals surface area contributed by atoms with Crippen LogP contribution in [-0.2, 0) is 9.59 Å². The number of primary amides is 1. The van der Waals surface area contributed by atoms with Gasteiger partial charge in [-0.2, -0.15) is 0 Å². The lowest BCUT2D eigenvalue weighted by molar-refractivity contribution is -0.150. The Kier molecular flexibility index (Phi) is 7.63. The zero-order chi connectivity index (χ0) is 23.3. The summed E-state index contributed by atoms with van der Waals surface area (Å²) in [5, 5.41) is 20.8. The van der Waals surface area contributed by atoms with Gasteiger partial charge in [0.05, 0.1) is 12.1 Å². The van der Waals surface area contributed by atoms with E-state index in [4.69, 9.17) is 5.73 Å². The van der Waals surface area contributed by atoms with Crippen LogP contribution in [0.5, 0.6) is 0 Å². The Morgan fingerprint density at radius 2 is 1.91 bits per heavy atom. The normalized spacial score (nSPS) is 15.4. The number of carboxylic acids is 1. The van der Waals surface area contributed by atoms with E-state index in [9.17, 15) is 29.5 Å². The van der Waals surface area contributed by atoms with Gasteiger partial charge in [-0.15, -0.1) is 0 Å². The first-order chi connectivity index (χ1) is 15.3. The summed E-state index contributed by atoms with van der Waals surface area (Å²) in [7, 11) is 0. The second-order valence-corrected chi connectivity index (χ2v) is 8.36. The molecule has 3 rings (SSSR count). The Labute approximate surface area is 185 Å². The molecule has 1 aromatic heterocycles. The molecule has 1 aromatic carbocycles. The summed E-state index contributed by atoms with van der Waals surface area (Å²) in [6.45, 7) is -0.201. The van der Waals surface area contributed by atoms with Crippen molar-refractivity contribution in [3.63, 3.8) is 0 Å². The number of aromatic nitrogens is 1. The van der Waals surface area contributed by atoms with Crippen LogP contribution in [0.3, 0.4) is 0 Å². The molecule has 1 fully saturated rings. The molecule has 1 heterocycles. The van der Waals surface area contributed by atoms with Crippen molar-refractivity contribution in [1.82, 2.24) is 9.63 Å². The Hall–Kier alpha value is -3.20. The predicted octanol–water partition coefficient (Wildman–Crippen LogP) is 2.79. The van der Waals surface area contributed by atoms with Crippen molar-refractivity contribution in [1.29, 1.82) is 0 Å². The number of hydroxylamine groups is 2. The van der Waals surface area contributed by atoms with Gasteiger partial charge in [0.2, 0.25) is 17.7 Å². The Morgan fingerprint density at radius 3 is 2.53 bits per heavy atom. The minimum absolute atomic E-state index is 0.00985. The molecule has 0 radical (unpaired) electrons. The van der Waals surface area contributed by atoms with Crippen molar-refractivity contribution in [2.24, 2.45) is 5.73 Å². The van der Waals surface area contributed by atoms with Crippen LogP contribution in [-0.4, -0.2) is 44.8 Å². The molecule has 0 aliphatic heterocycles. The van der Waals surface area contributed by atoms with E-state index in [1.54, 1.807) is 24.3 Å². The molecule has 1 aliphatic carbocycles. The monoisotopic (exact) mass is 443 g/mol. The van der Waals surface area contributed by atoms with Gasteiger partial charge < -0.3 is 15.4 Å². The number of rotatable bonds is 10. The molecule has 4 N–H and O–H groups in total.